The number of hydrogen-bond acceptors (Lipinski definition) is 5. The van der Waals surface area contributed by atoms with Gasteiger partial charge in [-0.3, -0.25) is 9.89 Å². The first-order valence-corrected chi connectivity index (χ1v) is 11.1. The second-order valence-corrected chi connectivity index (χ2v) is 11.4. The van der Waals surface area contributed by atoms with Gasteiger partial charge in [0.2, 0.25) is 9.76 Å². The fourth-order valence-electron chi connectivity index (χ4n) is 3.02. The van der Waals surface area contributed by atoms with E-state index in [1.807, 2.05) is 58.9 Å². The molecule has 3 rings (SSSR count). The van der Waals surface area contributed by atoms with Crippen LogP contribution in [0.5, 0.6) is 0 Å². The van der Waals surface area contributed by atoms with Crippen LogP contribution in [0.3, 0.4) is 0 Å². The number of rotatable bonds is 6. The molecule has 2 aromatic heterocycles. The number of aryl methyl sites for hydroxylation is 1. The summed E-state index contributed by atoms with van der Waals surface area (Å²) < 4.78 is 7.76. The lowest BCUT2D eigenvalue weighted by atomic mass is 9.96. The number of nitrogens with zero attached hydrogens (tertiary/aromatic N) is 3. The molecule has 0 bridgehead atoms. The Balaban J connectivity index is 2.11. The molecule has 0 aliphatic rings. The van der Waals surface area contributed by atoms with Gasteiger partial charge in [0.1, 0.15) is 0 Å². The van der Waals surface area contributed by atoms with Crippen molar-refractivity contribution in [3.8, 4) is 0 Å². The second kappa shape index (κ2) is 8.00. The number of hydrogen-bond donors (Lipinski definition) is 2. The van der Waals surface area contributed by atoms with Crippen molar-refractivity contribution in [1.29, 1.82) is 0 Å². The molecule has 30 heavy (non-hydrogen) atoms. The fourth-order valence-corrected chi connectivity index (χ4v) is 3.70. The van der Waals surface area contributed by atoms with Crippen molar-refractivity contribution >= 4 is 32.2 Å². The van der Waals surface area contributed by atoms with Crippen molar-refractivity contribution in [2.24, 2.45) is 0 Å². The van der Waals surface area contributed by atoms with E-state index in [4.69, 9.17) is 4.43 Å². The van der Waals surface area contributed by atoms with Crippen LogP contribution in [0.1, 0.15) is 65.8 Å². The van der Waals surface area contributed by atoms with Crippen molar-refractivity contribution in [3.05, 3.63) is 45.9 Å². The Bertz CT molecular complexity index is 1110. The summed E-state index contributed by atoms with van der Waals surface area (Å²) in [5.74, 6) is 1.26. The Labute approximate surface area is 180 Å². The minimum absolute atomic E-state index is 0.0707. The van der Waals surface area contributed by atoms with Crippen molar-refractivity contribution in [2.75, 3.05) is 5.32 Å². The molecule has 8 heteroatoms. The van der Waals surface area contributed by atoms with Crippen molar-refractivity contribution < 1.29 is 4.43 Å². The molecule has 2 N–H and O–H groups in total. The topological polar surface area (TPSA) is 84.8 Å². The van der Waals surface area contributed by atoms with E-state index in [1.165, 1.54) is 4.68 Å². The molecule has 3 aromatic rings. The molecule has 0 unspecified atom stereocenters. The minimum Gasteiger partial charge on any atom is -0.408 e. The maximum Gasteiger partial charge on any atom is 0.275 e. The lowest BCUT2D eigenvalue weighted by molar-refractivity contribution is 0.109. The molecule has 1 aromatic carbocycles. The highest BCUT2D eigenvalue weighted by molar-refractivity contribution is 6.31. The van der Waals surface area contributed by atoms with E-state index < -0.39 is 5.60 Å². The van der Waals surface area contributed by atoms with Gasteiger partial charge in [-0.15, -0.1) is 0 Å². The normalized spacial score (nSPS) is 12.7. The van der Waals surface area contributed by atoms with Gasteiger partial charge in [0.05, 0.1) is 17.0 Å². The smallest absolute Gasteiger partial charge is 0.275 e. The monoisotopic (exact) mass is 425 g/mol. The van der Waals surface area contributed by atoms with Crippen molar-refractivity contribution in [3.63, 3.8) is 0 Å². The van der Waals surface area contributed by atoms with Gasteiger partial charge in [-0.05, 0) is 51.3 Å². The summed E-state index contributed by atoms with van der Waals surface area (Å²) in [5, 5.41) is 16.4. The highest BCUT2D eigenvalue weighted by Crippen LogP contribution is 2.32. The summed E-state index contributed by atoms with van der Waals surface area (Å²) in [6.07, 6.45) is 0. The third-order valence-electron chi connectivity index (χ3n) is 4.67. The fraction of sp³-hybridized carbons (Fsp3) is 0.500. The first-order chi connectivity index (χ1) is 13.9. The molecule has 7 nitrogen and oxygen atoms in total. The van der Waals surface area contributed by atoms with Gasteiger partial charge >= 0.3 is 0 Å². The number of aromatic amines is 1. The lowest BCUT2D eigenvalue weighted by Crippen LogP contribution is -2.29. The van der Waals surface area contributed by atoms with Crippen molar-refractivity contribution in [1.82, 2.24) is 20.0 Å². The molecule has 0 saturated carbocycles. The van der Waals surface area contributed by atoms with Gasteiger partial charge in [-0.25, -0.2) is 4.68 Å². The number of benzene rings is 1. The lowest BCUT2D eigenvalue weighted by Gasteiger charge is -2.30. The number of aromatic nitrogens is 4. The number of H-pyrrole nitrogens is 1. The summed E-state index contributed by atoms with van der Waals surface area (Å²) in [6, 6.07) is 7.72. The SMILES string of the molecule is Cc1cc(Nc2nn(C(C)C)c(=O)c3cc(C(C)(C)O[Si]C(C)(C)C)ccc23)n[nH]1. The molecular formula is C22H31N5O2Si. The zero-order valence-electron chi connectivity index (χ0n) is 19.0. The minimum atomic E-state index is -0.509. The predicted octanol–water partition coefficient (Wildman–Crippen LogP) is 4.84. The van der Waals surface area contributed by atoms with Gasteiger partial charge in [0.15, 0.2) is 11.6 Å². The van der Waals surface area contributed by atoms with Crippen LogP contribution >= 0.6 is 0 Å². The summed E-state index contributed by atoms with van der Waals surface area (Å²) >= 11 is 0. The largest absolute Gasteiger partial charge is 0.408 e. The van der Waals surface area contributed by atoms with Gasteiger partial charge in [-0.1, -0.05) is 32.9 Å². The van der Waals surface area contributed by atoms with E-state index in [1.54, 1.807) is 0 Å². The molecule has 2 heterocycles. The average molecular weight is 426 g/mol. The summed E-state index contributed by atoms with van der Waals surface area (Å²) in [7, 11) is 0.348. The van der Waals surface area contributed by atoms with Gasteiger partial charge in [0.25, 0.3) is 5.56 Å². The average Bonchev–Trinajstić information content (AvgIpc) is 3.06. The van der Waals surface area contributed by atoms with Crippen LogP contribution in [0.4, 0.5) is 11.6 Å². The maximum atomic E-state index is 13.2. The van der Waals surface area contributed by atoms with E-state index in [-0.39, 0.29) is 16.6 Å². The second-order valence-electron chi connectivity index (χ2n) is 9.48. The third kappa shape index (κ3) is 4.81. The number of nitrogens with one attached hydrogen (secondary N) is 2. The highest BCUT2D eigenvalue weighted by Gasteiger charge is 2.26. The van der Waals surface area contributed by atoms with Crippen LogP contribution in [0, 0.1) is 6.92 Å². The molecule has 0 fully saturated rings. The van der Waals surface area contributed by atoms with Gasteiger partial charge < -0.3 is 9.74 Å². The first-order valence-electron chi connectivity index (χ1n) is 10.2. The molecule has 0 saturated heterocycles. The predicted molar refractivity (Wildman–Crippen MR) is 123 cm³/mol. The molecule has 0 atom stereocenters. The molecule has 0 spiro atoms. The van der Waals surface area contributed by atoms with Crippen LogP contribution < -0.4 is 10.9 Å². The molecular weight excluding hydrogens is 394 g/mol. The van der Waals surface area contributed by atoms with Crippen LogP contribution in [-0.4, -0.2) is 29.7 Å². The Morgan fingerprint density at radius 2 is 1.83 bits per heavy atom. The van der Waals surface area contributed by atoms with E-state index in [0.29, 0.717) is 26.8 Å². The third-order valence-corrected chi connectivity index (χ3v) is 5.89. The van der Waals surface area contributed by atoms with E-state index in [0.717, 1.165) is 16.6 Å². The zero-order valence-corrected chi connectivity index (χ0v) is 20.0. The Kier molecular flexibility index (Phi) is 5.93. The summed E-state index contributed by atoms with van der Waals surface area (Å²) in [6.45, 7) is 16.4. The van der Waals surface area contributed by atoms with Gasteiger partial charge in [0, 0.05) is 17.1 Å². The quantitative estimate of drug-likeness (QED) is 0.552. The van der Waals surface area contributed by atoms with Crippen LogP contribution in [0.2, 0.25) is 5.04 Å². The van der Waals surface area contributed by atoms with Crippen LogP contribution in [-0.2, 0) is 10.0 Å². The Hall–Kier alpha value is -2.45. The standard InChI is InChI=1S/C22H31N5O2Si/c1-13(2)27-20(28)17-12-15(22(7,8)29-30-21(4,5)6)9-10-16(17)19(26-27)23-18-11-14(3)24-25-18/h9-13H,1-8H3,(H2,23,24,25,26). The van der Waals surface area contributed by atoms with Crippen LogP contribution in [0.25, 0.3) is 10.8 Å². The maximum absolute atomic E-state index is 13.2. The van der Waals surface area contributed by atoms with E-state index in [2.05, 4.69) is 41.4 Å². The zero-order chi connectivity index (χ0) is 22.3. The Morgan fingerprint density at radius 3 is 2.40 bits per heavy atom. The molecule has 0 amide bonds. The number of anilines is 2. The molecule has 2 radical (unpaired) electrons. The molecule has 0 aliphatic carbocycles. The summed E-state index contributed by atoms with van der Waals surface area (Å²) in [5.41, 5.74) is 1.29. The van der Waals surface area contributed by atoms with Crippen molar-refractivity contribution in [2.45, 2.75) is 72.1 Å². The van der Waals surface area contributed by atoms with Crippen LogP contribution in [0.15, 0.2) is 29.1 Å². The molecule has 160 valence electrons. The molecule has 0 aliphatic heterocycles. The van der Waals surface area contributed by atoms with Gasteiger partial charge in [-0.2, -0.15) is 10.2 Å². The first kappa shape index (κ1) is 22.2. The Morgan fingerprint density at radius 1 is 1.13 bits per heavy atom. The summed E-state index contributed by atoms with van der Waals surface area (Å²) in [4.78, 5) is 13.2. The number of fused-ring (bicyclic) bond motifs is 1. The van der Waals surface area contributed by atoms with E-state index >= 15 is 0 Å². The highest BCUT2D eigenvalue weighted by atomic mass is 28.2. The van der Waals surface area contributed by atoms with E-state index in [9.17, 15) is 4.79 Å².